The van der Waals surface area contributed by atoms with Crippen molar-refractivity contribution in [2.75, 3.05) is 51.3 Å². The Kier molecular flexibility index (Phi) is 5.45. The van der Waals surface area contributed by atoms with Crippen molar-refractivity contribution in [3.8, 4) is 0 Å². The summed E-state index contributed by atoms with van der Waals surface area (Å²) in [7, 11) is 1.92. The molecule has 2 N–H and O–H groups in total. The largest absolute Gasteiger partial charge is 0.395 e. The minimum Gasteiger partial charge on any atom is -0.395 e. The zero-order chi connectivity index (χ0) is 13.7. The first-order chi connectivity index (χ1) is 9.24. The number of nitrogens with zero attached hydrogens (tertiary/aromatic N) is 2. The summed E-state index contributed by atoms with van der Waals surface area (Å²) in [6, 6.07) is 6.28. The van der Waals surface area contributed by atoms with E-state index in [9.17, 15) is 0 Å². The molecular weight excluding hydrogens is 262 g/mol. The number of piperazine rings is 1. The molecule has 1 fully saturated rings. The van der Waals surface area contributed by atoms with Crippen LogP contribution in [0.4, 0.5) is 5.69 Å². The van der Waals surface area contributed by atoms with Crippen LogP contribution in [0.25, 0.3) is 0 Å². The molecule has 0 saturated carbocycles. The number of hydrogen-bond donors (Lipinski definition) is 2. The number of aliphatic hydroxyl groups is 1. The lowest BCUT2D eigenvalue weighted by Crippen LogP contribution is -2.47. The molecule has 0 radical (unpaired) electrons. The van der Waals surface area contributed by atoms with Gasteiger partial charge in [-0.25, -0.2) is 0 Å². The molecule has 0 unspecified atom stereocenters. The van der Waals surface area contributed by atoms with Crippen LogP contribution >= 0.6 is 11.6 Å². The predicted octanol–water partition coefficient (Wildman–Crippen LogP) is 1.17. The van der Waals surface area contributed by atoms with Gasteiger partial charge in [0, 0.05) is 50.0 Å². The highest BCUT2D eigenvalue weighted by atomic mass is 35.5. The molecule has 4 nitrogen and oxygen atoms in total. The Morgan fingerprint density at radius 2 is 2.00 bits per heavy atom. The summed E-state index contributed by atoms with van der Waals surface area (Å²) >= 11 is 6.30. The van der Waals surface area contributed by atoms with Crippen LogP contribution in [0.15, 0.2) is 18.2 Å². The zero-order valence-electron chi connectivity index (χ0n) is 11.4. The van der Waals surface area contributed by atoms with Crippen LogP contribution < -0.4 is 10.2 Å². The number of hydrogen-bond acceptors (Lipinski definition) is 4. The first-order valence-electron chi connectivity index (χ1n) is 6.76. The molecule has 1 saturated heterocycles. The first-order valence-corrected chi connectivity index (χ1v) is 7.13. The van der Waals surface area contributed by atoms with Crippen molar-refractivity contribution >= 4 is 17.3 Å². The Labute approximate surface area is 120 Å². The molecule has 0 bridgehead atoms. The summed E-state index contributed by atoms with van der Waals surface area (Å²) in [5.41, 5.74) is 2.32. The van der Waals surface area contributed by atoms with Gasteiger partial charge in [0.15, 0.2) is 0 Å². The van der Waals surface area contributed by atoms with Crippen molar-refractivity contribution in [2.24, 2.45) is 0 Å². The van der Waals surface area contributed by atoms with Crippen LogP contribution in [0.3, 0.4) is 0 Å². The average molecular weight is 284 g/mol. The lowest BCUT2D eigenvalue weighted by atomic mass is 10.1. The second kappa shape index (κ2) is 7.10. The Bertz CT molecular complexity index is 406. The summed E-state index contributed by atoms with van der Waals surface area (Å²) < 4.78 is 0. The van der Waals surface area contributed by atoms with Gasteiger partial charge in [0.25, 0.3) is 0 Å². The average Bonchev–Trinajstić information content (AvgIpc) is 2.43. The van der Waals surface area contributed by atoms with Gasteiger partial charge < -0.3 is 15.3 Å². The summed E-state index contributed by atoms with van der Waals surface area (Å²) in [4.78, 5) is 4.64. The Morgan fingerprint density at radius 1 is 1.26 bits per heavy atom. The van der Waals surface area contributed by atoms with Crippen LogP contribution in [0.5, 0.6) is 0 Å². The lowest BCUT2D eigenvalue weighted by Gasteiger charge is -2.36. The third kappa shape index (κ3) is 3.83. The second-order valence-corrected chi connectivity index (χ2v) is 5.27. The minimum absolute atomic E-state index is 0.241. The SMILES string of the molecule is CNCc1ccc(N2CCN(CCO)CC2)cc1Cl. The number of aliphatic hydroxyl groups excluding tert-OH is 1. The van der Waals surface area contributed by atoms with Crippen LogP contribution in [0.1, 0.15) is 5.56 Å². The van der Waals surface area contributed by atoms with E-state index in [1.807, 2.05) is 7.05 Å². The van der Waals surface area contributed by atoms with Crippen LogP contribution in [0.2, 0.25) is 5.02 Å². The third-order valence-corrected chi connectivity index (χ3v) is 3.91. The van der Waals surface area contributed by atoms with Gasteiger partial charge in [0.05, 0.1) is 6.61 Å². The Hall–Kier alpha value is -0.810. The van der Waals surface area contributed by atoms with Crippen molar-refractivity contribution in [1.29, 1.82) is 0 Å². The quantitative estimate of drug-likeness (QED) is 0.851. The zero-order valence-corrected chi connectivity index (χ0v) is 12.2. The fourth-order valence-electron chi connectivity index (χ4n) is 2.44. The van der Waals surface area contributed by atoms with E-state index in [4.69, 9.17) is 16.7 Å². The number of rotatable bonds is 5. The van der Waals surface area contributed by atoms with E-state index in [1.54, 1.807) is 0 Å². The van der Waals surface area contributed by atoms with Gasteiger partial charge in [0.2, 0.25) is 0 Å². The van der Waals surface area contributed by atoms with E-state index in [1.165, 1.54) is 5.69 Å². The maximum Gasteiger partial charge on any atom is 0.0558 e. The number of benzene rings is 1. The molecule has 106 valence electrons. The lowest BCUT2D eigenvalue weighted by molar-refractivity contribution is 0.189. The molecular formula is C14H22ClN3O. The predicted molar refractivity (Wildman–Crippen MR) is 80.0 cm³/mol. The summed E-state index contributed by atoms with van der Waals surface area (Å²) in [5.74, 6) is 0. The Balaban J connectivity index is 1.97. The summed E-state index contributed by atoms with van der Waals surface area (Å²) in [6.07, 6.45) is 0. The molecule has 1 aromatic rings. The number of anilines is 1. The topological polar surface area (TPSA) is 38.7 Å². The van der Waals surface area contributed by atoms with Gasteiger partial charge in [-0.2, -0.15) is 0 Å². The van der Waals surface area contributed by atoms with Crippen molar-refractivity contribution in [1.82, 2.24) is 10.2 Å². The molecule has 2 rings (SSSR count). The van der Waals surface area contributed by atoms with Crippen molar-refractivity contribution in [3.05, 3.63) is 28.8 Å². The van der Waals surface area contributed by atoms with Crippen LogP contribution in [-0.2, 0) is 6.54 Å². The highest BCUT2D eigenvalue weighted by Crippen LogP contribution is 2.24. The molecule has 0 atom stereocenters. The number of halogens is 1. The molecule has 1 aliphatic rings. The van der Waals surface area contributed by atoms with Gasteiger partial charge in [-0.15, -0.1) is 0 Å². The smallest absolute Gasteiger partial charge is 0.0558 e. The first kappa shape index (κ1) is 14.6. The van der Waals surface area contributed by atoms with E-state index in [0.29, 0.717) is 0 Å². The minimum atomic E-state index is 0.241. The van der Waals surface area contributed by atoms with Crippen molar-refractivity contribution < 1.29 is 5.11 Å². The Morgan fingerprint density at radius 3 is 2.58 bits per heavy atom. The maximum absolute atomic E-state index is 8.94. The molecule has 0 spiro atoms. The van der Waals surface area contributed by atoms with E-state index >= 15 is 0 Å². The third-order valence-electron chi connectivity index (χ3n) is 3.56. The van der Waals surface area contributed by atoms with Gasteiger partial charge in [-0.1, -0.05) is 17.7 Å². The van der Waals surface area contributed by atoms with E-state index in [-0.39, 0.29) is 6.61 Å². The number of nitrogens with one attached hydrogen (secondary N) is 1. The van der Waals surface area contributed by atoms with Crippen LogP contribution in [-0.4, -0.2) is 56.4 Å². The molecule has 0 aromatic heterocycles. The van der Waals surface area contributed by atoms with Crippen molar-refractivity contribution in [2.45, 2.75) is 6.54 Å². The fourth-order valence-corrected chi connectivity index (χ4v) is 2.68. The molecule has 1 heterocycles. The molecule has 5 heteroatoms. The standard InChI is InChI=1S/C14H22ClN3O/c1-16-11-12-2-3-13(10-14(12)15)18-6-4-17(5-7-18)8-9-19/h2-3,10,16,19H,4-9,11H2,1H3. The fraction of sp³-hybridized carbons (Fsp3) is 0.571. The molecule has 0 aliphatic carbocycles. The molecule has 1 aliphatic heterocycles. The normalized spacial score (nSPS) is 16.9. The monoisotopic (exact) mass is 283 g/mol. The molecule has 1 aromatic carbocycles. The highest BCUT2D eigenvalue weighted by Gasteiger charge is 2.17. The van der Waals surface area contributed by atoms with Gasteiger partial charge in [0.1, 0.15) is 0 Å². The van der Waals surface area contributed by atoms with E-state index in [2.05, 4.69) is 33.3 Å². The van der Waals surface area contributed by atoms with Gasteiger partial charge in [-0.3, -0.25) is 4.90 Å². The van der Waals surface area contributed by atoms with Crippen molar-refractivity contribution in [3.63, 3.8) is 0 Å². The van der Waals surface area contributed by atoms with Crippen LogP contribution in [0, 0.1) is 0 Å². The maximum atomic E-state index is 8.94. The van der Waals surface area contributed by atoms with E-state index < -0.39 is 0 Å². The van der Waals surface area contributed by atoms with Gasteiger partial charge in [-0.05, 0) is 24.7 Å². The second-order valence-electron chi connectivity index (χ2n) is 4.86. The number of β-amino-alcohol motifs (C(OH)–C–C–N with tert-alkyl or cyclic N) is 1. The summed E-state index contributed by atoms with van der Waals surface area (Å²) in [5, 5.41) is 12.9. The molecule has 0 amide bonds. The van der Waals surface area contributed by atoms with Gasteiger partial charge >= 0.3 is 0 Å². The molecule has 19 heavy (non-hydrogen) atoms. The highest BCUT2D eigenvalue weighted by molar-refractivity contribution is 6.31. The summed E-state index contributed by atoms with van der Waals surface area (Å²) in [6.45, 7) is 5.78. The van der Waals surface area contributed by atoms with E-state index in [0.717, 1.165) is 49.9 Å².